The van der Waals surface area contributed by atoms with Gasteiger partial charge in [-0.25, -0.2) is 0 Å². The maximum atomic E-state index is 3.05. The third kappa shape index (κ3) is 17.1. The SMILES string of the molecule is CCCCCCCCCCCCCCCC(P)C(C)(C)C.Cl. The zero-order valence-corrected chi connectivity index (χ0v) is 17.9. The summed E-state index contributed by atoms with van der Waals surface area (Å²) in [7, 11) is 3.05. The first-order chi connectivity index (χ1) is 9.98. The molecule has 136 valence electrons. The Bertz CT molecular complexity index is 210. The molecule has 0 N–H and O–H groups in total. The number of rotatable bonds is 14. The van der Waals surface area contributed by atoms with Crippen LogP contribution in [0.1, 0.15) is 118 Å². The molecule has 0 aliphatic rings. The fourth-order valence-corrected chi connectivity index (χ4v) is 3.05. The molecule has 2 atom stereocenters. The summed E-state index contributed by atoms with van der Waals surface area (Å²) in [4.78, 5) is 0. The molecule has 0 heterocycles. The Morgan fingerprint density at radius 2 is 0.955 bits per heavy atom. The van der Waals surface area contributed by atoms with Crippen molar-refractivity contribution < 1.29 is 0 Å². The Balaban J connectivity index is 0. The van der Waals surface area contributed by atoms with E-state index >= 15 is 0 Å². The van der Waals surface area contributed by atoms with E-state index in [0.717, 1.165) is 5.66 Å². The minimum absolute atomic E-state index is 0. The van der Waals surface area contributed by atoms with Crippen LogP contribution in [0, 0.1) is 5.41 Å². The quantitative estimate of drug-likeness (QED) is 0.219. The zero-order valence-electron chi connectivity index (χ0n) is 16.0. The van der Waals surface area contributed by atoms with Crippen LogP contribution >= 0.6 is 21.6 Å². The number of hydrogen-bond donors (Lipinski definition) is 0. The fourth-order valence-electron chi connectivity index (χ4n) is 2.82. The lowest BCUT2D eigenvalue weighted by atomic mass is 9.88. The Hall–Kier alpha value is 0.720. The van der Waals surface area contributed by atoms with E-state index in [2.05, 4.69) is 36.9 Å². The van der Waals surface area contributed by atoms with Crippen LogP contribution in [-0.2, 0) is 0 Å². The molecule has 0 aliphatic carbocycles. The minimum Gasteiger partial charge on any atom is -0.147 e. The lowest BCUT2D eigenvalue weighted by Crippen LogP contribution is -2.19. The largest absolute Gasteiger partial charge is 0.147 e. The average molecular weight is 351 g/mol. The summed E-state index contributed by atoms with van der Waals surface area (Å²) in [5.41, 5.74) is 1.24. The molecule has 2 unspecified atom stereocenters. The first-order valence-electron chi connectivity index (χ1n) is 9.74. The highest BCUT2D eigenvalue weighted by molar-refractivity contribution is 7.17. The van der Waals surface area contributed by atoms with E-state index in [4.69, 9.17) is 0 Å². The topological polar surface area (TPSA) is 0 Å². The van der Waals surface area contributed by atoms with Crippen LogP contribution in [-0.4, -0.2) is 5.66 Å². The van der Waals surface area contributed by atoms with Crippen LogP contribution < -0.4 is 0 Å². The van der Waals surface area contributed by atoms with Crippen LogP contribution in [0.5, 0.6) is 0 Å². The van der Waals surface area contributed by atoms with Gasteiger partial charge in [0.05, 0.1) is 0 Å². The first-order valence-corrected chi connectivity index (χ1v) is 10.4. The van der Waals surface area contributed by atoms with Crippen LogP contribution in [0.3, 0.4) is 0 Å². The van der Waals surface area contributed by atoms with Crippen molar-refractivity contribution in [1.29, 1.82) is 0 Å². The van der Waals surface area contributed by atoms with E-state index in [0.29, 0.717) is 5.41 Å². The Morgan fingerprint density at radius 1 is 0.636 bits per heavy atom. The smallest absolute Gasteiger partial charge is 0.0215 e. The highest BCUT2D eigenvalue weighted by Gasteiger charge is 2.19. The Morgan fingerprint density at radius 3 is 1.27 bits per heavy atom. The Kier molecular flexibility index (Phi) is 18.8. The summed E-state index contributed by atoms with van der Waals surface area (Å²) in [5, 5.41) is 0. The first kappa shape index (κ1) is 25.0. The average Bonchev–Trinajstić information content (AvgIpc) is 2.42. The third-order valence-electron chi connectivity index (χ3n) is 4.73. The van der Waals surface area contributed by atoms with E-state index < -0.39 is 0 Å². The van der Waals surface area contributed by atoms with Gasteiger partial charge in [-0.3, -0.25) is 0 Å². The molecule has 0 rings (SSSR count). The predicted molar refractivity (Wildman–Crippen MR) is 111 cm³/mol. The predicted octanol–water partition coefficient (Wildman–Crippen LogP) is 8.18. The molecule has 22 heavy (non-hydrogen) atoms. The monoisotopic (exact) mass is 350 g/mol. The molecule has 0 amide bonds. The summed E-state index contributed by atoms with van der Waals surface area (Å²) in [5.74, 6) is 0. The molecule has 0 aliphatic heterocycles. The van der Waals surface area contributed by atoms with Gasteiger partial charge in [-0.05, 0) is 17.5 Å². The van der Waals surface area contributed by atoms with Crippen molar-refractivity contribution >= 4 is 21.6 Å². The van der Waals surface area contributed by atoms with Crippen molar-refractivity contribution in [1.82, 2.24) is 0 Å². The van der Waals surface area contributed by atoms with Crippen molar-refractivity contribution in [3.63, 3.8) is 0 Å². The summed E-state index contributed by atoms with van der Waals surface area (Å²) in [6.07, 6.45) is 20.3. The van der Waals surface area contributed by atoms with Gasteiger partial charge < -0.3 is 0 Å². The summed E-state index contributed by atoms with van der Waals surface area (Å²) >= 11 is 0. The molecule has 0 saturated heterocycles. The number of halogens is 1. The van der Waals surface area contributed by atoms with Gasteiger partial charge in [0.2, 0.25) is 0 Å². The van der Waals surface area contributed by atoms with E-state index in [9.17, 15) is 0 Å². The lowest BCUT2D eigenvalue weighted by Gasteiger charge is -2.26. The standard InChI is InChI=1S/C20H43P.ClH/c1-5-6-7-8-9-10-11-12-13-14-15-16-17-18-19(21)20(2,3)4;/h19H,5-18,21H2,1-4H3;1H. The van der Waals surface area contributed by atoms with Crippen LogP contribution in [0.25, 0.3) is 0 Å². The summed E-state index contributed by atoms with van der Waals surface area (Å²) in [6, 6.07) is 0. The van der Waals surface area contributed by atoms with Crippen LogP contribution in [0.15, 0.2) is 0 Å². The Labute approximate surface area is 150 Å². The molecular weight excluding hydrogens is 307 g/mol. The minimum atomic E-state index is 0. The lowest BCUT2D eigenvalue weighted by molar-refractivity contribution is 0.370. The van der Waals surface area contributed by atoms with Crippen LogP contribution in [0.2, 0.25) is 0 Å². The van der Waals surface area contributed by atoms with Gasteiger partial charge in [0.25, 0.3) is 0 Å². The fraction of sp³-hybridized carbons (Fsp3) is 1.00. The molecular formula is C20H44ClP. The van der Waals surface area contributed by atoms with Gasteiger partial charge >= 0.3 is 0 Å². The molecule has 0 nitrogen and oxygen atoms in total. The maximum Gasteiger partial charge on any atom is -0.0215 e. The van der Waals surface area contributed by atoms with E-state index in [1.165, 1.54) is 89.9 Å². The second-order valence-electron chi connectivity index (χ2n) is 8.00. The van der Waals surface area contributed by atoms with E-state index in [1.54, 1.807) is 0 Å². The highest BCUT2D eigenvalue weighted by atomic mass is 35.5. The van der Waals surface area contributed by atoms with Crippen LogP contribution in [0.4, 0.5) is 0 Å². The van der Waals surface area contributed by atoms with Gasteiger partial charge in [0.15, 0.2) is 0 Å². The van der Waals surface area contributed by atoms with Gasteiger partial charge in [-0.15, -0.1) is 21.6 Å². The van der Waals surface area contributed by atoms with E-state index in [1.807, 2.05) is 0 Å². The summed E-state index contributed by atoms with van der Waals surface area (Å²) in [6.45, 7) is 9.36. The van der Waals surface area contributed by atoms with Gasteiger partial charge in [-0.2, -0.15) is 0 Å². The highest BCUT2D eigenvalue weighted by Crippen LogP contribution is 2.30. The number of hydrogen-bond acceptors (Lipinski definition) is 0. The van der Waals surface area contributed by atoms with Gasteiger partial charge in [0.1, 0.15) is 0 Å². The molecule has 2 heteroatoms. The normalized spacial score (nSPS) is 13.0. The summed E-state index contributed by atoms with van der Waals surface area (Å²) < 4.78 is 0. The van der Waals surface area contributed by atoms with Gasteiger partial charge in [-0.1, -0.05) is 111 Å². The van der Waals surface area contributed by atoms with Gasteiger partial charge in [0, 0.05) is 0 Å². The zero-order chi connectivity index (χ0) is 16.0. The second-order valence-corrected chi connectivity index (χ2v) is 8.81. The van der Waals surface area contributed by atoms with Crippen molar-refractivity contribution in [2.75, 3.05) is 0 Å². The third-order valence-corrected chi connectivity index (χ3v) is 6.06. The van der Waals surface area contributed by atoms with Crippen molar-refractivity contribution in [3.05, 3.63) is 0 Å². The molecule has 0 aromatic heterocycles. The molecule has 0 fully saturated rings. The van der Waals surface area contributed by atoms with Crippen molar-refractivity contribution in [2.24, 2.45) is 5.41 Å². The molecule has 0 radical (unpaired) electrons. The molecule has 0 bridgehead atoms. The second kappa shape index (κ2) is 16.6. The number of unbranched alkanes of at least 4 members (excludes halogenated alkanes) is 12. The molecule has 0 aromatic rings. The van der Waals surface area contributed by atoms with Crippen molar-refractivity contribution in [2.45, 2.75) is 123 Å². The maximum absolute atomic E-state index is 3.05. The molecule has 0 aromatic carbocycles. The molecule has 0 spiro atoms. The molecule has 0 saturated carbocycles. The van der Waals surface area contributed by atoms with Crippen molar-refractivity contribution in [3.8, 4) is 0 Å². The van der Waals surface area contributed by atoms with E-state index in [-0.39, 0.29) is 12.4 Å².